The molecule has 2 aromatic carbocycles. The minimum Gasteiger partial charge on any atom is -0.494 e. The number of nitrogens with zero attached hydrogens (tertiary/aromatic N) is 3. The first-order valence-corrected chi connectivity index (χ1v) is 11.9. The molecule has 3 aromatic rings. The Balaban J connectivity index is 1.78. The Morgan fingerprint density at radius 3 is 2.67 bits per heavy atom. The van der Waals surface area contributed by atoms with Crippen LogP contribution in [0.5, 0.6) is 5.75 Å². The summed E-state index contributed by atoms with van der Waals surface area (Å²) >= 11 is 6.73. The van der Waals surface area contributed by atoms with Crippen LogP contribution in [0, 0.1) is 6.92 Å². The SMILES string of the molecule is CCOc1ccc(-c2nn(-c3ccccc3)cc2/C=C2\SC(=S)N(CCOC)C2=O)c(C)c1. The number of ether oxygens (including phenoxy) is 2. The molecular weight excluding hydrogens is 454 g/mol. The summed E-state index contributed by atoms with van der Waals surface area (Å²) in [5.41, 5.74) is 4.60. The van der Waals surface area contributed by atoms with E-state index in [0.29, 0.717) is 29.0 Å². The molecule has 4 rings (SSSR count). The van der Waals surface area contributed by atoms with Crippen LogP contribution in [0.3, 0.4) is 0 Å². The highest BCUT2D eigenvalue weighted by molar-refractivity contribution is 8.26. The zero-order chi connectivity index (χ0) is 23.4. The summed E-state index contributed by atoms with van der Waals surface area (Å²) in [6.45, 7) is 5.48. The van der Waals surface area contributed by atoms with Crippen molar-refractivity contribution in [1.29, 1.82) is 0 Å². The lowest BCUT2D eigenvalue weighted by atomic mass is 10.0. The molecule has 8 heteroatoms. The Kier molecular flexibility index (Phi) is 7.27. The molecule has 0 radical (unpaired) electrons. The van der Waals surface area contributed by atoms with Crippen LogP contribution < -0.4 is 4.74 Å². The Morgan fingerprint density at radius 1 is 1.18 bits per heavy atom. The van der Waals surface area contributed by atoms with Gasteiger partial charge in [-0.1, -0.05) is 42.2 Å². The minimum absolute atomic E-state index is 0.108. The maximum atomic E-state index is 13.0. The van der Waals surface area contributed by atoms with Crippen LogP contribution in [0.2, 0.25) is 0 Å². The van der Waals surface area contributed by atoms with Gasteiger partial charge < -0.3 is 9.47 Å². The number of amides is 1. The molecule has 1 aromatic heterocycles. The van der Waals surface area contributed by atoms with Crippen molar-refractivity contribution >= 4 is 40.3 Å². The smallest absolute Gasteiger partial charge is 0.266 e. The Morgan fingerprint density at radius 2 is 1.97 bits per heavy atom. The summed E-state index contributed by atoms with van der Waals surface area (Å²) in [6, 6.07) is 15.9. The highest BCUT2D eigenvalue weighted by Gasteiger charge is 2.32. The quantitative estimate of drug-likeness (QED) is 0.331. The molecule has 0 spiro atoms. The van der Waals surface area contributed by atoms with Crippen molar-refractivity contribution in [2.45, 2.75) is 13.8 Å². The second-order valence-electron chi connectivity index (χ2n) is 7.45. The topological polar surface area (TPSA) is 56.6 Å². The van der Waals surface area contributed by atoms with E-state index in [-0.39, 0.29) is 5.91 Å². The first kappa shape index (κ1) is 23.2. The Bertz CT molecular complexity index is 1200. The van der Waals surface area contributed by atoms with Crippen molar-refractivity contribution in [3.8, 4) is 22.7 Å². The monoisotopic (exact) mass is 479 g/mol. The summed E-state index contributed by atoms with van der Waals surface area (Å²) in [6.07, 6.45) is 3.83. The number of hydrogen-bond acceptors (Lipinski definition) is 6. The summed E-state index contributed by atoms with van der Waals surface area (Å²) < 4.78 is 13.1. The van der Waals surface area contributed by atoms with E-state index < -0.39 is 0 Å². The van der Waals surface area contributed by atoms with Crippen LogP contribution in [0.4, 0.5) is 0 Å². The van der Waals surface area contributed by atoms with E-state index in [9.17, 15) is 4.79 Å². The second kappa shape index (κ2) is 10.3. The van der Waals surface area contributed by atoms with E-state index in [1.165, 1.54) is 11.8 Å². The predicted molar refractivity (Wildman–Crippen MR) is 137 cm³/mol. The van der Waals surface area contributed by atoms with Gasteiger partial charge in [0.1, 0.15) is 15.8 Å². The van der Waals surface area contributed by atoms with Gasteiger partial charge in [0.15, 0.2) is 0 Å². The second-order valence-corrected chi connectivity index (χ2v) is 9.12. The van der Waals surface area contributed by atoms with Crippen LogP contribution in [0.15, 0.2) is 59.6 Å². The average molecular weight is 480 g/mol. The molecular formula is C25H25N3O3S2. The first-order valence-electron chi connectivity index (χ1n) is 10.6. The van der Waals surface area contributed by atoms with E-state index in [1.54, 1.807) is 12.0 Å². The number of rotatable bonds is 8. The maximum Gasteiger partial charge on any atom is 0.266 e. The molecule has 0 atom stereocenters. The lowest BCUT2D eigenvalue weighted by Crippen LogP contribution is -2.31. The van der Waals surface area contributed by atoms with Gasteiger partial charge in [-0.2, -0.15) is 5.10 Å². The average Bonchev–Trinajstić information content (AvgIpc) is 3.34. The zero-order valence-corrected chi connectivity index (χ0v) is 20.4. The van der Waals surface area contributed by atoms with Gasteiger partial charge in [0.2, 0.25) is 0 Å². The number of carbonyl (C=O) groups excluding carboxylic acids is 1. The van der Waals surface area contributed by atoms with E-state index in [4.69, 9.17) is 26.8 Å². The molecule has 1 aliphatic rings. The Labute approximate surface area is 203 Å². The van der Waals surface area contributed by atoms with Crippen molar-refractivity contribution < 1.29 is 14.3 Å². The molecule has 0 saturated carbocycles. The van der Waals surface area contributed by atoms with Crippen molar-refractivity contribution in [2.75, 3.05) is 26.9 Å². The van der Waals surface area contributed by atoms with Crippen LogP contribution in [0.25, 0.3) is 23.0 Å². The number of hydrogen-bond donors (Lipinski definition) is 0. The summed E-state index contributed by atoms with van der Waals surface area (Å²) in [4.78, 5) is 15.1. The molecule has 1 aliphatic heterocycles. The lowest BCUT2D eigenvalue weighted by molar-refractivity contribution is -0.122. The predicted octanol–water partition coefficient (Wildman–Crippen LogP) is 5.09. The fourth-order valence-corrected chi connectivity index (χ4v) is 4.89. The van der Waals surface area contributed by atoms with Crippen molar-refractivity contribution in [3.63, 3.8) is 0 Å². The number of methoxy groups -OCH3 is 1. The number of thioether (sulfide) groups is 1. The normalized spacial score (nSPS) is 15.0. The highest BCUT2D eigenvalue weighted by atomic mass is 32.2. The van der Waals surface area contributed by atoms with Gasteiger partial charge >= 0.3 is 0 Å². The molecule has 0 bridgehead atoms. The third-order valence-electron chi connectivity index (χ3n) is 5.21. The summed E-state index contributed by atoms with van der Waals surface area (Å²) in [5, 5.41) is 4.89. The van der Waals surface area contributed by atoms with E-state index in [0.717, 1.165) is 33.8 Å². The molecule has 0 N–H and O–H groups in total. The van der Waals surface area contributed by atoms with E-state index in [1.807, 2.05) is 79.3 Å². The summed E-state index contributed by atoms with van der Waals surface area (Å²) in [5.74, 6) is 0.714. The number of aromatic nitrogens is 2. The van der Waals surface area contributed by atoms with Crippen molar-refractivity contribution in [2.24, 2.45) is 0 Å². The van der Waals surface area contributed by atoms with E-state index in [2.05, 4.69) is 0 Å². The minimum atomic E-state index is -0.108. The van der Waals surface area contributed by atoms with Crippen LogP contribution >= 0.6 is 24.0 Å². The molecule has 0 unspecified atom stereocenters. The van der Waals surface area contributed by atoms with Gasteiger partial charge in [0.25, 0.3) is 5.91 Å². The molecule has 1 amide bonds. The van der Waals surface area contributed by atoms with Gasteiger partial charge in [0, 0.05) is 24.4 Å². The van der Waals surface area contributed by atoms with Gasteiger partial charge in [-0.25, -0.2) is 4.68 Å². The van der Waals surface area contributed by atoms with Crippen molar-refractivity contribution in [3.05, 3.63) is 70.8 Å². The van der Waals surface area contributed by atoms with Crippen molar-refractivity contribution in [1.82, 2.24) is 14.7 Å². The third kappa shape index (κ3) is 5.03. The molecule has 1 fully saturated rings. The fourth-order valence-electron chi connectivity index (χ4n) is 3.59. The number of para-hydroxylation sites is 1. The van der Waals surface area contributed by atoms with Gasteiger partial charge in [0.05, 0.1) is 30.4 Å². The van der Waals surface area contributed by atoms with E-state index >= 15 is 0 Å². The fraction of sp³-hybridized carbons (Fsp3) is 0.240. The van der Waals surface area contributed by atoms with Crippen LogP contribution in [0.1, 0.15) is 18.1 Å². The standard InChI is InChI=1S/C25H25N3O3S2/c1-4-31-20-10-11-21(17(2)14-20)23-18(16-28(26-23)19-8-6-5-7-9-19)15-22-24(29)27(12-13-30-3)25(32)33-22/h5-11,14-16H,4,12-13H2,1-3H3/b22-15-. The largest absolute Gasteiger partial charge is 0.494 e. The summed E-state index contributed by atoms with van der Waals surface area (Å²) in [7, 11) is 1.61. The molecule has 33 heavy (non-hydrogen) atoms. The maximum absolute atomic E-state index is 13.0. The number of carbonyl (C=O) groups is 1. The van der Waals surface area contributed by atoms with Gasteiger partial charge in [-0.3, -0.25) is 9.69 Å². The van der Waals surface area contributed by atoms with Crippen LogP contribution in [-0.2, 0) is 9.53 Å². The lowest BCUT2D eigenvalue weighted by Gasteiger charge is -2.12. The van der Waals surface area contributed by atoms with Gasteiger partial charge in [-0.05, 0) is 55.8 Å². The molecule has 2 heterocycles. The number of aryl methyl sites for hydroxylation is 1. The highest BCUT2D eigenvalue weighted by Crippen LogP contribution is 2.36. The molecule has 170 valence electrons. The number of thiocarbonyl (C=S) groups is 1. The van der Waals surface area contributed by atoms with Crippen LogP contribution in [-0.4, -0.2) is 51.8 Å². The molecule has 6 nitrogen and oxygen atoms in total. The number of benzene rings is 2. The Hall–Kier alpha value is -2.94. The van der Waals surface area contributed by atoms with Gasteiger partial charge in [-0.15, -0.1) is 0 Å². The zero-order valence-electron chi connectivity index (χ0n) is 18.8. The molecule has 0 aliphatic carbocycles. The third-order valence-corrected chi connectivity index (χ3v) is 6.58. The first-order chi connectivity index (χ1) is 16.0. The molecule has 1 saturated heterocycles.